The molecule has 0 saturated heterocycles. The van der Waals surface area contributed by atoms with Crippen molar-refractivity contribution in [3.8, 4) is 5.75 Å². The van der Waals surface area contributed by atoms with E-state index in [9.17, 15) is 9.50 Å². The van der Waals surface area contributed by atoms with E-state index in [1.54, 1.807) is 0 Å². The van der Waals surface area contributed by atoms with Gasteiger partial charge in [0.05, 0.1) is 7.11 Å². The van der Waals surface area contributed by atoms with Crippen LogP contribution in [-0.4, -0.2) is 12.2 Å². The van der Waals surface area contributed by atoms with Crippen molar-refractivity contribution in [3.63, 3.8) is 0 Å². The maximum Gasteiger partial charge on any atom is 0.125 e. The molecule has 1 unspecified atom stereocenters. The van der Waals surface area contributed by atoms with Crippen molar-refractivity contribution < 1.29 is 14.2 Å². The number of hydrogen-bond acceptors (Lipinski definition) is 2. The van der Waals surface area contributed by atoms with E-state index in [-0.39, 0.29) is 0 Å². The van der Waals surface area contributed by atoms with Gasteiger partial charge in [-0.2, -0.15) is 0 Å². The minimum atomic E-state index is -0.905. The molecule has 0 radical (unpaired) electrons. The van der Waals surface area contributed by atoms with Crippen molar-refractivity contribution in [2.45, 2.75) is 13.0 Å². The molecule has 0 fully saturated rings. The molecule has 0 bridgehead atoms. The van der Waals surface area contributed by atoms with Crippen molar-refractivity contribution in [2.24, 2.45) is 0 Å². The number of methoxy groups -OCH3 is 1. The Bertz CT molecular complexity index is 599. The van der Waals surface area contributed by atoms with E-state index in [2.05, 4.69) is 22.6 Å². The molecule has 0 aromatic heterocycles. The summed E-state index contributed by atoms with van der Waals surface area (Å²) in [5, 5.41) is 10.5. The number of benzene rings is 2. The second kappa shape index (κ2) is 5.88. The van der Waals surface area contributed by atoms with Crippen LogP contribution in [0.2, 0.25) is 0 Å². The van der Waals surface area contributed by atoms with Gasteiger partial charge in [0.2, 0.25) is 0 Å². The Morgan fingerprint density at radius 2 is 1.95 bits per heavy atom. The van der Waals surface area contributed by atoms with Gasteiger partial charge in [-0.1, -0.05) is 18.2 Å². The monoisotopic (exact) mass is 372 g/mol. The van der Waals surface area contributed by atoms with E-state index >= 15 is 0 Å². The van der Waals surface area contributed by atoms with Crippen LogP contribution in [0.5, 0.6) is 5.75 Å². The highest BCUT2D eigenvalue weighted by Crippen LogP contribution is 2.33. The standard InChI is InChI=1S/C15H14FIO2/c1-9-4-3-5-11(14(9)17)15(18)12-8-10(16)6-7-13(12)19-2/h3-8,15,18H,1-2H3. The number of halogens is 2. The smallest absolute Gasteiger partial charge is 0.125 e. The molecule has 2 rings (SSSR count). The number of rotatable bonds is 3. The predicted molar refractivity (Wildman–Crippen MR) is 80.9 cm³/mol. The van der Waals surface area contributed by atoms with Crippen LogP contribution in [0.4, 0.5) is 4.39 Å². The number of aliphatic hydroxyl groups excluding tert-OH is 1. The molecule has 2 nitrogen and oxygen atoms in total. The molecule has 0 aliphatic heterocycles. The summed E-state index contributed by atoms with van der Waals surface area (Å²) in [7, 11) is 1.50. The van der Waals surface area contributed by atoms with Gasteiger partial charge in [-0.15, -0.1) is 0 Å². The number of hydrogen-bond donors (Lipinski definition) is 1. The fourth-order valence-corrected chi connectivity index (χ4v) is 2.62. The largest absolute Gasteiger partial charge is 0.496 e. The third kappa shape index (κ3) is 2.90. The van der Waals surface area contributed by atoms with Gasteiger partial charge < -0.3 is 9.84 Å². The Balaban J connectivity index is 2.52. The first kappa shape index (κ1) is 14.3. The first-order valence-electron chi connectivity index (χ1n) is 5.81. The Labute approximate surface area is 125 Å². The Morgan fingerprint density at radius 3 is 2.63 bits per heavy atom. The minimum absolute atomic E-state index is 0.391. The molecule has 0 aliphatic carbocycles. The second-order valence-electron chi connectivity index (χ2n) is 4.27. The van der Waals surface area contributed by atoms with Crippen LogP contribution in [0, 0.1) is 16.3 Å². The van der Waals surface area contributed by atoms with Gasteiger partial charge in [0.1, 0.15) is 17.7 Å². The van der Waals surface area contributed by atoms with E-state index in [0.29, 0.717) is 11.3 Å². The zero-order valence-corrected chi connectivity index (χ0v) is 12.8. The number of aryl methyl sites for hydroxylation is 1. The number of aliphatic hydroxyl groups is 1. The average molecular weight is 372 g/mol. The van der Waals surface area contributed by atoms with Gasteiger partial charge in [0.15, 0.2) is 0 Å². The maximum absolute atomic E-state index is 13.4. The third-order valence-electron chi connectivity index (χ3n) is 3.00. The van der Waals surface area contributed by atoms with E-state index in [1.807, 2.05) is 25.1 Å². The lowest BCUT2D eigenvalue weighted by atomic mass is 9.99. The Hall–Kier alpha value is -1.14. The quantitative estimate of drug-likeness (QED) is 0.830. The van der Waals surface area contributed by atoms with E-state index in [1.165, 1.54) is 25.3 Å². The predicted octanol–water partition coefficient (Wildman–Crippen LogP) is 3.83. The molecule has 0 aliphatic rings. The molecular formula is C15H14FIO2. The SMILES string of the molecule is COc1ccc(F)cc1C(O)c1cccc(C)c1I. The van der Waals surface area contributed by atoms with Crippen LogP contribution < -0.4 is 4.74 Å². The van der Waals surface area contributed by atoms with Gasteiger partial charge >= 0.3 is 0 Å². The molecule has 0 spiro atoms. The first-order valence-corrected chi connectivity index (χ1v) is 6.89. The summed E-state index contributed by atoms with van der Waals surface area (Å²) >= 11 is 2.18. The van der Waals surface area contributed by atoms with Crippen LogP contribution in [0.25, 0.3) is 0 Å². The van der Waals surface area contributed by atoms with Crippen LogP contribution in [0.1, 0.15) is 22.8 Å². The van der Waals surface area contributed by atoms with Gasteiger partial charge in [-0.05, 0) is 58.8 Å². The van der Waals surface area contributed by atoms with Gasteiger partial charge in [0, 0.05) is 9.13 Å². The lowest BCUT2D eigenvalue weighted by molar-refractivity contribution is 0.213. The summed E-state index contributed by atoms with van der Waals surface area (Å²) in [6.07, 6.45) is -0.905. The normalized spacial score (nSPS) is 12.3. The first-order chi connectivity index (χ1) is 9.04. The van der Waals surface area contributed by atoms with Crippen molar-refractivity contribution in [1.82, 2.24) is 0 Å². The molecular weight excluding hydrogens is 358 g/mol. The molecule has 0 amide bonds. The Morgan fingerprint density at radius 1 is 1.21 bits per heavy atom. The summed E-state index contributed by atoms with van der Waals surface area (Å²) < 4.78 is 19.5. The molecule has 2 aromatic carbocycles. The zero-order valence-electron chi connectivity index (χ0n) is 10.7. The molecule has 1 atom stereocenters. The van der Waals surface area contributed by atoms with Gasteiger partial charge in [0.25, 0.3) is 0 Å². The van der Waals surface area contributed by atoms with Gasteiger partial charge in [-0.3, -0.25) is 0 Å². The highest BCUT2D eigenvalue weighted by atomic mass is 127. The lowest BCUT2D eigenvalue weighted by Crippen LogP contribution is -2.05. The summed E-state index contributed by atoms with van der Waals surface area (Å²) in [5.41, 5.74) is 2.27. The summed E-state index contributed by atoms with van der Waals surface area (Å²) in [6.45, 7) is 1.97. The van der Waals surface area contributed by atoms with Crippen LogP contribution in [-0.2, 0) is 0 Å². The lowest BCUT2D eigenvalue weighted by Gasteiger charge is -2.17. The van der Waals surface area contributed by atoms with E-state index in [0.717, 1.165) is 14.7 Å². The van der Waals surface area contributed by atoms with Crippen LogP contribution in [0.15, 0.2) is 36.4 Å². The van der Waals surface area contributed by atoms with Crippen molar-refractivity contribution >= 4 is 22.6 Å². The molecule has 100 valence electrons. The molecule has 0 heterocycles. The second-order valence-corrected chi connectivity index (χ2v) is 5.35. The molecule has 1 N–H and O–H groups in total. The fraction of sp³-hybridized carbons (Fsp3) is 0.200. The highest BCUT2D eigenvalue weighted by molar-refractivity contribution is 14.1. The molecule has 0 saturated carbocycles. The minimum Gasteiger partial charge on any atom is -0.496 e. The van der Waals surface area contributed by atoms with Crippen LogP contribution in [0.3, 0.4) is 0 Å². The van der Waals surface area contributed by atoms with E-state index < -0.39 is 11.9 Å². The average Bonchev–Trinajstić information content (AvgIpc) is 2.41. The van der Waals surface area contributed by atoms with Crippen molar-refractivity contribution in [3.05, 3.63) is 62.5 Å². The van der Waals surface area contributed by atoms with Crippen molar-refractivity contribution in [1.29, 1.82) is 0 Å². The molecule has 19 heavy (non-hydrogen) atoms. The van der Waals surface area contributed by atoms with Crippen LogP contribution >= 0.6 is 22.6 Å². The summed E-state index contributed by atoms with van der Waals surface area (Å²) in [6, 6.07) is 9.83. The van der Waals surface area contributed by atoms with E-state index in [4.69, 9.17) is 4.74 Å². The van der Waals surface area contributed by atoms with Crippen molar-refractivity contribution in [2.75, 3.05) is 7.11 Å². The topological polar surface area (TPSA) is 29.5 Å². The van der Waals surface area contributed by atoms with Gasteiger partial charge in [-0.25, -0.2) is 4.39 Å². The summed E-state index contributed by atoms with van der Waals surface area (Å²) in [4.78, 5) is 0. The Kier molecular flexibility index (Phi) is 4.42. The molecule has 2 aromatic rings. The molecule has 4 heteroatoms. The third-order valence-corrected chi connectivity index (χ3v) is 4.48. The zero-order chi connectivity index (χ0) is 14.0. The number of ether oxygens (including phenoxy) is 1. The summed E-state index contributed by atoms with van der Waals surface area (Å²) in [5.74, 6) is 0.0868. The highest BCUT2D eigenvalue weighted by Gasteiger charge is 2.19. The maximum atomic E-state index is 13.4. The fourth-order valence-electron chi connectivity index (χ4n) is 1.97.